The molecule has 33 heavy (non-hydrogen) atoms. The number of thioether (sulfide) groups is 1. The minimum atomic E-state index is -3.83. The van der Waals surface area contributed by atoms with Crippen molar-refractivity contribution < 1.29 is 22.2 Å². The number of amides is 1. The van der Waals surface area contributed by atoms with Gasteiger partial charge in [-0.05, 0) is 68.5 Å². The van der Waals surface area contributed by atoms with Gasteiger partial charge in [-0.1, -0.05) is 11.2 Å². The van der Waals surface area contributed by atoms with Crippen LogP contribution in [0.3, 0.4) is 0 Å². The number of anilines is 1. The first-order valence-electron chi connectivity index (χ1n) is 10.5. The Kier molecular flexibility index (Phi) is 7.06. The maximum Gasteiger partial charge on any atom is 0.248 e. The lowest BCUT2D eigenvalue weighted by Gasteiger charge is -2.30. The number of piperidine rings is 1. The van der Waals surface area contributed by atoms with Gasteiger partial charge < -0.3 is 14.3 Å². The Hall–Kier alpha value is -2.82. The summed E-state index contributed by atoms with van der Waals surface area (Å²) >= 11 is 1.60. The Labute approximate surface area is 197 Å². The second kappa shape index (κ2) is 9.98. The first kappa shape index (κ1) is 23.3. The van der Waals surface area contributed by atoms with Crippen LogP contribution < -0.4 is 5.32 Å². The zero-order valence-electron chi connectivity index (χ0n) is 18.4. The van der Waals surface area contributed by atoms with E-state index in [4.69, 9.17) is 8.94 Å². The van der Waals surface area contributed by atoms with Gasteiger partial charge in [-0.2, -0.15) is 4.31 Å². The molecule has 0 radical (unpaired) electrons. The van der Waals surface area contributed by atoms with Crippen molar-refractivity contribution in [1.29, 1.82) is 0 Å². The van der Waals surface area contributed by atoms with Gasteiger partial charge in [0.25, 0.3) is 0 Å². The van der Waals surface area contributed by atoms with E-state index < -0.39 is 10.0 Å². The van der Waals surface area contributed by atoms with E-state index in [9.17, 15) is 13.2 Å². The molecule has 1 amide bonds. The number of rotatable bonds is 7. The highest BCUT2D eigenvalue weighted by Gasteiger charge is 2.36. The van der Waals surface area contributed by atoms with Crippen LogP contribution in [-0.2, 0) is 14.8 Å². The number of furan rings is 1. The summed E-state index contributed by atoms with van der Waals surface area (Å²) in [4.78, 5) is 13.8. The molecule has 0 unspecified atom stereocenters. The molecule has 0 bridgehead atoms. The molecule has 1 aliphatic heterocycles. The van der Waals surface area contributed by atoms with Gasteiger partial charge in [0.1, 0.15) is 11.5 Å². The van der Waals surface area contributed by atoms with Crippen molar-refractivity contribution in [3.05, 3.63) is 59.9 Å². The molecule has 0 aliphatic carbocycles. The molecule has 1 aromatic carbocycles. The maximum atomic E-state index is 13.4. The minimum absolute atomic E-state index is 0.0436. The van der Waals surface area contributed by atoms with E-state index in [1.54, 1.807) is 36.9 Å². The molecule has 1 saturated heterocycles. The van der Waals surface area contributed by atoms with Crippen molar-refractivity contribution in [2.45, 2.75) is 29.6 Å². The van der Waals surface area contributed by atoms with E-state index in [2.05, 4.69) is 10.5 Å². The molecule has 8 nitrogen and oxygen atoms in total. The van der Waals surface area contributed by atoms with Crippen LogP contribution in [0.5, 0.6) is 0 Å². The highest BCUT2D eigenvalue weighted by molar-refractivity contribution is 7.98. The van der Waals surface area contributed by atoms with E-state index in [1.807, 2.05) is 30.5 Å². The van der Waals surface area contributed by atoms with E-state index >= 15 is 0 Å². The molecule has 4 rings (SSSR count). The van der Waals surface area contributed by atoms with Crippen LogP contribution in [-0.4, -0.2) is 43.1 Å². The summed E-state index contributed by atoms with van der Waals surface area (Å²) in [7, 11) is -3.83. The van der Waals surface area contributed by atoms with E-state index in [1.165, 1.54) is 16.6 Å². The van der Waals surface area contributed by atoms with Crippen LogP contribution in [0.4, 0.5) is 5.69 Å². The third-order valence-electron chi connectivity index (χ3n) is 5.54. The normalized spacial score (nSPS) is 15.8. The minimum Gasteiger partial charge on any atom is -0.465 e. The molecule has 3 aromatic rings. The molecule has 1 N–H and O–H groups in total. The number of aryl methyl sites for hydroxylation is 1. The summed E-state index contributed by atoms with van der Waals surface area (Å²) in [5.41, 5.74) is 1.04. The van der Waals surface area contributed by atoms with Crippen LogP contribution in [0.2, 0.25) is 0 Å². The number of sulfonamides is 1. The van der Waals surface area contributed by atoms with Crippen molar-refractivity contribution in [2.75, 3.05) is 24.7 Å². The largest absolute Gasteiger partial charge is 0.465 e. The Bertz CT molecular complexity index is 1240. The third kappa shape index (κ3) is 5.23. The molecule has 1 fully saturated rings. The molecule has 2 aromatic heterocycles. The first-order chi connectivity index (χ1) is 15.9. The van der Waals surface area contributed by atoms with Gasteiger partial charge in [0.15, 0.2) is 10.7 Å². The summed E-state index contributed by atoms with van der Waals surface area (Å²) < 4.78 is 38.6. The van der Waals surface area contributed by atoms with Crippen molar-refractivity contribution in [3.63, 3.8) is 0 Å². The maximum absolute atomic E-state index is 13.4. The molecule has 174 valence electrons. The van der Waals surface area contributed by atoms with Gasteiger partial charge in [0, 0.05) is 29.6 Å². The number of nitrogens with zero attached hydrogens (tertiary/aromatic N) is 2. The van der Waals surface area contributed by atoms with Gasteiger partial charge in [-0.3, -0.25) is 4.79 Å². The molecule has 3 heterocycles. The number of hydrogen-bond donors (Lipinski definition) is 1. The fourth-order valence-corrected chi connectivity index (χ4v) is 5.95. The van der Waals surface area contributed by atoms with E-state index in [-0.39, 0.29) is 35.6 Å². The predicted octanol–water partition coefficient (Wildman–Crippen LogP) is 4.51. The van der Waals surface area contributed by atoms with Gasteiger partial charge in [0.2, 0.25) is 15.9 Å². The zero-order valence-corrected chi connectivity index (χ0v) is 20.0. The lowest BCUT2D eigenvalue weighted by molar-refractivity contribution is -0.120. The molecule has 10 heteroatoms. The molecular weight excluding hydrogens is 462 g/mol. The third-order valence-corrected chi connectivity index (χ3v) is 8.32. The summed E-state index contributed by atoms with van der Waals surface area (Å²) in [5.74, 6) is 0.379. The second-order valence-corrected chi connectivity index (χ2v) is 10.5. The summed E-state index contributed by atoms with van der Waals surface area (Å²) in [6, 6.07) is 11.1. The monoisotopic (exact) mass is 487 g/mol. The van der Waals surface area contributed by atoms with E-state index in [0.717, 1.165) is 10.6 Å². The highest BCUT2D eigenvalue weighted by atomic mass is 32.2. The number of benzene rings is 1. The van der Waals surface area contributed by atoms with Crippen LogP contribution in [0.1, 0.15) is 30.1 Å². The Balaban J connectivity index is 1.43. The Morgan fingerprint density at radius 3 is 2.70 bits per heavy atom. The summed E-state index contributed by atoms with van der Waals surface area (Å²) in [6.07, 6.45) is 7.55. The molecular formula is C23H25N3O5S2. The zero-order chi connectivity index (χ0) is 23.4. The lowest BCUT2D eigenvalue weighted by Crippen LogP contribution is -2.41. The van der Waals surface area contributed by atoms with E-state index in [0.29, 0.717) is 24.3 Å². The standard InChI is InChI=1S/C23H25N3O5S2/c1-16-22(21(31-25-16)9-8-19-6-4-14-30-19)33(28,29)26-12-10-17(11-13-26)23(27)24-18-5-3-7-20(15-18)32-2/h3-9,14-15,17H,10-13H2,1-2H3,(H,24,27). The number of nitrogens with one attached hydrogen (secondary N) is 1. The topological polar surface area (TPSA) is 106 Å². The van der Waals surface area contributed by atoms with Crippen LogP contribution in [0, 0.1) is 12.8 Å². The summed E-state index contributed by atoms with van der Waals surface area (Å²) in [6.45, 7) is 2.10. The summed E-state index contributed by atoms with van der Waals surface area (Å²) in [5, 5.41) is 6.81. The average Bonchev–Trinajstić information content (AvgIpc) is 3.47. The van der Waals surface area contributed by atoms with Gasteiger partial charge >= 0.3 is 0 Å². The van der Waals surface area contributed by atoms with Crippen LogP contribution in [0.15, 0.2) is 61.4 Å². The van der Waals surface area contributed by atoms with Crippen LogP contribution in [0.25, 0.3) is 12.2 Å². The predicted molar refractivity (Wildman–Crippen MR) is 127 cm³/mol. The van der Waals surface area contributed by atoms with Gasteiger partial charge in [0.05, 0.1) is 6.26 Å². The first-order valence-corrected chi connectivity index (χ1v) is 13.2. The molecule has 1 aliphatic rings. The van der Waals surface area contributed by atoms with Crippen molar-refractivity contribution >= 4 is 45.5 Å². The van der Waals surface area contributed by atoms with Gasteiger partial charge in [-0.25, -0.2) is 8.42 Å². The fraction of sp³-hybridized carbons (Fsp3) is 0.304. The lowest BCUT2D eigenvalue weighted by atomic mass is 9.97. The smallest absolute Gasteiger partial charge is 0.248 e. The number of aromatic nitrogens is 1. The number of carbonyl (C=O) groups is 1. The number of hydrogen-bond acceptors (Lipinski definition) is 7. The quantitative estimate of drug-likeness (QED) is 0.489. The Morgan fingerprint density at radius 1 is 1.21 bits per heavy atom. The SMILES string of the molecule is CSc1cccc(NC(=O)C2CCN(S(=O)(=O)c3c(C)noc3C=Cc3ccco3)CC2)c1. The number of carbonyl (C=O) groups excluding carboxylic acids is 1. The second-order valence-electron chi connectivity index (χ2n) is 7.71. The highest BCUT2D eigenvalue weighted by Crippen LogP contribution is 2.30. The van der Waals surface area contributed by atoms with Crippen molar-refractivity contribution in [1.82, 2.24) is 9.46 Å². The van der Waals surface area contributed by atoms with Crippen LogP contribution >= 0.6 is 11.8 Å². The Morgan fingerprint density at radius 2 is 2.00 bits per heavy atom. The molecule has 0 saturated carbocycles. The average molecular weight is 488 g/mol. The fourth-order valence-electron chi connectivity index (χ4n) is 3.78. The van der Waals surface area contributed by atoms with Gasteiger partial charge in [-0.15, -0.1) is 11.8 Å². The van der Waals surface area contributed by atoms with Crippen molar-refractivity contribution in [2.24, 2.45) is 5.92 Å². The van der Waals surface area contributed by atoms with Crippen molar-refractivity contribution in [3.8, 4) is 0 Å². The molecule has 0 atom stereocenters. The molecule has 0 spiro atoms.